The number of hydrogen-bond donors (Lipinski definition) is 2. The van der Waals surface area contributed by atoms with Crippen molar-refractivity contribution in [2.24, 2.45) is 0 Å². The number of fused-ring (bicyclic) bond motifs is 1. The molecule has 0 aliphatic carbocycles. The quantitative estimate of drug-likeness (QED) is 0.522. The van der Waals surface area contributed by atoms with Gasteiger partial charge >= 0.3 is 0 Å². The molecular formula is C19H15N5O2S. The van der Waals surface area contributed by atoms with Gasteiger partial charge in [-0.3, -0.25) is 14.1 Å². The van der Waals surface area contributed by atoms with E-state index in [1.807, 2.05) is 30.3 Å². The third-order valence-corrected chi connectivity index (χ3v) is 5.41. The zero-order valence-electron chi connectivity index (χ0n) is 14.1. The van der Waals surface area contributed by atoms with Crippen LogP contribution in [0.4, 0.5) is 5.69 Å². The molecule has 0 unspecified atom stereocenters. The minimum absolute atomic E-state index is 0.0131. The smallest absolute Gasteiger partial charge is 0.279 e. The van der Waals surface area contributed by atoms with Crippen molar-refractivity contribution in [1.29, 1.82) is 5.41 Å². The molecule has 1 aromatic carbocycles. The second-order valence-electron chi connectivity index (χ2n) is 5.80. The van der Waals surface area contributed by atoms with Crippen LogP contribution in [-0.2, 0) is 10.0 Å². The summed E-state index contributed by atoms with van der Waals surface area (Å²) < 4.78 is 29.9. The molecule has 0 fully saturated rings. The Morgan fingerprint density at radius 2 is 1.74 bits per heavy atom. The number of nitrogens with zero attached hydrogens (tertiary/aromatic N) is 3. The third-order valence-electron chi connectivity index (χ3n) is 4.07. The van der Waals surface area contributed by atoms with Crippen molar-refractivity contribution in [3.63, 3.8) is 0 Å². The molecular weight excluding hydrogens is 362 g/mol. The molecule has 0 aliphatic rings. The SMILES string of the molecule is N=Cc1ncc(-c2ccccc2)cc1NS(=O)(=O)c1cnc2ccccn12. The Kier molecular flexibility index (Phi) is 4.17. The van der Waals surface area contributed by atoms with Gasteiger partial charge in [-0.25, -0.2) is 4.98 Å². The Labute approximate surface area is 155 Å². The van der Waals surface area contributed by atoms with Crippen LogP contribution in [0.2, 0.25) is 0 Å². The normalized spacial score (nSPS) is 11.4. The average Bonchev–Trinajstić information content (AvgIpc) is 3.13. The fourth-order valence-electron chi connectivity index (χ4n) is 2.77. The molecule has 0 radical (unpaired) electrons. The van der Waals surface area contributed by atoms with Gasteiger partial charge in [0.15, 0.2) is 5.03 Å². The molecule has 0 saturated carbocycles. The summed E-state index contributed by atoms with van der Waals surface area (Å²) in [7, 11) is -3.92. The Balaban J connectivity index is 1.78. The van der Waals surface area contributed by atoms with Crippen molar-refractivity contribution < 1.29 is 8.42 Å². The summed E-state index contributed by atoms with van der Waals surface area (Å²) in [5.74, 6) is 0. The van der Waals surface area contributed by atoms with Crippen molar-refractivity contribution in [3.05, 3.63) is 78.9 Å². The number of rotatable bonds is 5. The molecule has 0 aliphatic heterocycles. The lowest BCUT2D eigenvalue weighted by atomic mass is 10.1. The van der Waals surface area contributed by atoms with Gasteiger partial charge in [-0.15, -0.1) is 0 Å². The molecule has 3 heterocycles. The van der Waals surface area contributed by atoms with E-state index in [-0.39, 0.29) is 16.4 Å². The Morgan fingerprint density at radius 1 is 0.963 bits per heavy atom. The standard InChI is InChI=1S/C19H15N5O2S/c20-11-17-16(10-15(12-21-17)14-6-2-1-3-7-14)23-27(25,26)19-13-22-18-8-4-5-9-24(18)19/h1-13,20,23H. The number of aromatic nitrogens is 3. The number of imidazole rings is 1. The van der Waals surface area contributed by atoms with E-state index in [2.05, 4.69) is 14.7 Å². The second-order valence-corrected chi connectivity index (χ2v) is 7.43. The number of hydrogen-bond acceptors (Lipinski definition) is 5. The molecule has 3 aromatic heterocycles. The fourth-order valence-corrected chi connectivity index (χ4v) is 3.93. The van der Waals surface area contributed by atoms with E-state index in [1.165, 1.54) is 10.6 Å². The first-order valence-electron chi connectivity index (χ1n) is 8.09. The predicted octanol–water partition coefficient (Wildman–Crippen LogP) is 3.19. The van der Waals surface area contributed by atoms with Gasteiger partial charge in [0, 0.05) is 24.2 Å². The summed E-state index contributed by atoms with van der Waals surface area (Å²) in [6, 6.07) is 16.4. The fraction of sp³-hybridized carbons (Fsp3) is 0. The molecule has 27 heavy (non-hydrogen) atoms. The van der Waals surface area contributed by atoms with Gasteiger partial charge in [-0.05, 0) is 23.8 Å². The third kappa shape index (κ3) is 3.18. The summed E-state index contributed by atoms with van der Waals surface area (Å²) in [6.45, 7) is 0. The molecule has 0 atom stereocenters. The van der Waals surface area contributed by atoms with Crippen molar-refractivity contribution in [1.82, 2.24) is 14.4 Å². The van der Waals surface area contributed by atoms with Crippen LogP contribution in [0.1, 0.15) is 5.69 Å². The molecule has 0 amide bonds. The van der Waals surface area contributed by atoms with Crippen molar-refractivity contribution in [2.75, 3.05) is 4.72 Å². The van der Waals surface area contributed by atoms with E-state index < -0.39 is 10.0 Å². The number of benzene rings is 1. The highest BCUT2D eigenvalue weighted by molar-refractivity contribution is 7.92. The summed E-state index contributed by atoms with van der Waals surface area (Å²) in [5, 5.41) is 7.55. The predicted molar refractivity (Wildman–Crippen MR) is 104 cm³/mol. The number of sulfonamides is 1. The molecule has 2 N–H and O–H groups in total. The average molecular weight is 377 g/mol. The van der Waals surface area contributed by atoms with Gasteiger partial charge in [-0.2, -0.15) is 8.42 Å². The van der Waals surface area contributed by atoms with Crippen LogP contribution in [0.5, 0.6) is 0 Å². The van der Waals surface area contributed by atoms with E-state index in [0.717, 1.165) is 17.3 Å². The molecule has 134 valence electrons. The van der Waals surface area contributed by atoms with Crippen LogP contribution in [0, 0.1) is 5.41 Å². The number of nitrogens with one attached hydrogen (secondary N) is 2. The second kappa shape index (κ2) is 6.65. The molecule has 4 aromatic rings. The Bertz CT molecular complexity index is 1230. The van der Waals surface area contributed by atoms with E-state index in [1.54, 1.807) is 36.7 Å². The maximum absolute atomic E-state index is 12.9. The highest BCUT2D eigenvalue weighted by Gasteiger charge is 2.21. The molecule has 0 saturated heterocycles. The lowest BCUT2D eigenvalue weighted by Crippen LogP contribution is -2.16. The minimum atomic E-state index is -3.92. The summed E-state index contributed by atoms with van der Waals surface area (Å²) in [5.41, 5.74) is 2.64. The van der Waals surface area contributed by atoms with E-state index >= 15 is 0 Å². The van der Waals surface area contributed by atoms with Gasteiger partial charge in [0.25, 0.3) is 10.0 Å². The maximum Gasteiger partial charge on any atom is 0.279 e. The van der Waals surface area contributed by atoms with Gasteiger partial charge in [0.2, 0.25) is 0 Å². The van der Waals surface area contributed by atoms with Gasteiger partial charge < -0.3 is 5.41 Å². The molecule has 8 heteroatoms. The van der Waals surface area contributed by atoms with Crippen LogP contribution in [-0.4, -0.2) is 29.0 Å². The van der Waals surface area contributed by atoms with Crippen molar-refractivity contribution >= 4 is 27.6 Å². The van der Waals surface area contributed by atoms with Crippen LogP contribution >= 0.6 is 0 Å². The first kappa shape index (κ1) is 16.9. The number of anilines is 1. The summed E-state index contributed by atoms with van der Waals surface area (Å²) in [4.78, 5) is 8.33. The number of pyridine rings is 2. The van der Waals surface area contributed by atoms with E-state index in [4.69, 9.17) is 5.41 Å². The van der Waals surface area contributed by atoms with E-state index in [0.29, 0.717) is 5.65 Å². The van der Waals surface area contributed by atoms with Crippen LogP contribution < -0.4 is 4.72 Å². The first-order chi connectivity index (χ1) is 13.1. The molecule has 0 spiro atoms. The lowest BCUT2D eigenvalue weighted by molar-refractivity contribution is 0.596. The van der Waals surface area contributed by atoms with Gasteiger partial charge in [-0.1, -0.05) is 36.4 Å². The van der Waals surface area contributed by atoms with Gasteiger partial charge in [0.05, 0.1) is 11.9 Å². The van der Waals surface area contributed by atoms with Crippen LogP contribution in [0.15, 0.2) is 78.2 Å². The minimum Gasteiger partial charge on any atom is -0.306 e. The molecule has 0 bridgehead atoms. The topological polar surface area (TPSA) is 100 Å². The lowest BCUT2D eigenvalue weighted by Gasteiger charge is -2.11. The monoisotopic (exact) mass is 377 g/mol. The largest absolute Gasteiger partial charge is 0.306 e. The zero-order chi connectivity index (χ0) is 18.9. The van der Waals surface area contributed by atoms with E-state index in [9.17, 15) is 8.42 Å². The Morgan fingerprint density at radius 3 is 2.52 bits per heavy atom. The first-order valence-corrected chi connectivity index (χ1v) is 9.58. The molecule has 7 nitrogen and oxygen atoms in total. The maximum atomic E-state index is 12.9. The summed E-state index contributed by atoms with van der Waals surface area (Å²) >= 11 is 0. The highest BCUT2D eigenvalue weighted by Crippen LogP contribution is 2.25. The van der Waals surface area contributed by atoms with Crippen LogP contribution in [0.25, 0.3) is 16.8 Å². The van der Waals surface area contributed by atoms with Crippen molar-refractivity contribution in [2.45, 2.75) is 5.03 Å². The molecule has 4 rings (SSSR count). The van der Waals surface area contributed by atoms with Crippen LogP contribution in [0.3, 0.4) is 0 Å². The Hall–Kier alpha value is -3.52. The zero-order valence-corrected chi connectivity index (χ0v) is 14.9. The highest BCUT2D eigenvalue weighted by atomic mass is 32.2. The summed E-state index contributed by atoms with van der Waals surface area (Å²) in [6.07, 6.45) is 5.56. The van der Waals surface area contributed by atoms with Gasteiger partial charge in [0.1, 0.15) is 11.3 Å². The van der Waals surface area contributed by atoms with Crippen molar-refractivity contribution in [3.8, 4) is 11.1 Å².